The number of hydrogen-bond acceptors (Lipinski definition) is 1. The predicted molar refractivity (Wildman–Crippen MR) is 53.4 cm³/mol. The van der Waals surface area contributed by atoms with Crippen molar-refractivity contribution in [3.05, 3.63) is 9.67 Å². The van der Waals surface area contributed by atoms with Gasteiger partial charge in [0.25, 0.3) is 0 Å². The van der Waals surface area contributed by atoms with Crippen LogP contribution in [0.25, 0.3) is 0 Å². The molecule has 0 spiro atoms. The van der Waals surface area contributed by atoms with E-state index in [1.807, 2.05) is 6.08 Å². The monoisotopic (exact) mass is 264 g/mol. The molecule has 0 amide bonds. The molecule has 1 nitrogen and oxygen atoms in total. The van der Waals surface area contributed by atoms with Crippen LogP contribution in [-0.2, 0) is 0 Å². The molecule has 0 bridgehead atoms. The topological polar surface area (TPSA) is 20.2 Å². The molecule has 2 heteroatoms. The van der Waals surface area contributed by atoms with Gasteiger partial charge < -0.3 is 0 Å². The normalized spacial score (nSPS) is 14.3. The molecule has 0 saturated carbocycles. The van der Waals surface area contributed by atoms with E-state index in [1.54, 1.807) is 3.59 Å². The van der Waals surface area contributed by atoms with Crippen LogP contribution in [0.1, 0.15) is 13.8 Å². The van der Waals surface area contributed by atoms with Crippen LogP contribution in [0, 0.1) is 5.92 Å². The van der Waals surface area contributed by atoms with Crippen molar-refractivity contribution in [3.63, 3.8) is 0 Å². The summed E-state index contributed by atoms with van der Waals surface area (Å²) in [6.45, 7) is 4.63. The zero-order chi connectivity index (χ0) is 9.07. The van der Waals surface area contributed by atoms with Crippen molar-refractivity contribution in [2.75, 3.05) is 6.61 Å². The van der Waals surface area contributed by atoms with Crippen molar-refractivity contribution >= 4 is 18.4 Å². The summed E-state index contributed by atoms with van der Waals surface area (Å²) in [6, 6.07) is 0. The van der Waals surface area contributed by atoms with E-state index in [0.29, 0.717) is 5.92 Å². The van der Waals surface area contributed by atoms with Crippen LogP contribution < -0.4 is 0 Å². The van der Waals surface area contributed by atoms with E-state index in [1.165, 1.54) is 0 Å². The number of allylic oxidation sites excluding steroid dienone is 1. The van der Waals surface area contributed by atoms with Gasteiger partial charge in [0.05, 0.1) is 0 Å². The minimum atomic E-state index is -1.87. The van der Waals surface area contributed by atoms with Crippen LogP contribution in [-0.4, -0.2) is 30.1 Å². The summed E-state index contributed by atoms with van der Waals surface area (Å²) >= 11 is -1.87. The maximum atomic E-state index is 8.81. The van der Waals surface area contributed by atoms with Gasteiger partial charge in [-0.2, -0.15) is 0 Å². The molecular formula is C9H20OSn. The molecule has 0 fully saturated rings. The van der Waals surface area contributed by atoms with Crippen molar-refractivity contribution in [1.82, 2.24) is 0 Å². The van der Waals surface area contributed by atoms with Crippen LogP contribution in [0.3, 0.4) is 0 Å². The third-order valence-electron chi connectivity index (χ3n) is 1.80. The second-order valence-electron chi connectivity index (χ2n) is 4.25. The molecule has 0 aromatic carbocycles. The molecule has 11 heavy (non-hydrogen) atoms. The summed E-state index contributed by atoms with van der Waals surface area (Å²) in [5.41, 5.74) is 0. The van der Waals surface area contributed by atoms with Crippen LogP contribution in [0.4, 0.5) is 0 Å². The molecule has 1 N–H and O–H groups in total. The van der Waals surface area contributed by atoms with Crippen molar-refractivity contribution < 1.29 is 5.11 Å². The summed E-state index contributed by atoms with van der Waals surface area (Å²) in [7, 11) is 0. The molecule has 0 aliphatic heterocycles. The van der Waals surface area contributed by atoms with Gasteiger partial charge >= 0.3 is 74.3 Å². The van der Waals surface area contributed by atoms with Gasteiger partial charge in [0.1, 0.15) is 0 Å². The van der Waals surface area contributed by atoms with E-state index in [0.717, 1.165) is 0 Å². The van der Waals surface area contributed by atoms with Gasteiger partial charge in [-0.1, -0.05) is 0 Å². The molecule has 0 atom stereocenters. The van der Waals surface area contributed by atoms with Gasteiger partial charge in [-0.15, -0.1) is 0 Å². The van der Waals surface area contributed by atoms with Crippen LogP contribution in [0.15, 0.2) is 9.67 Å². The van der Waals surface area contributed by atoms with Crippen LogP contribution in [0.2, 0.25) is 14.8 Å². The van der Waals surface area contributed by atoms with E-state index >= 15 is 0 Å². The number of rotatable bonds is 3. The van der Waals surface area contributed by atoms with Crippen molar-refractivity contribution in [2.24, 2.45) is 5.92 Å². The molecule has 0 rings (SSSR count). The van der Waals surface area contributed by atoms with Crippen LogP contribution >= 0.6 is 0 Å². The van der Waals surface area contributed by atoms with Gasteiger partial charge in [0, 0.05) is 0 Å². The van der Waals surface area contributed by atoms with Crippen molar-refractivity contribution in [3.8, 4) is 0 Å². The fourth-order valence-electron chi connectivity index (χ4n) is 1.51. The molecule has 0 aliphatic carbocycles. The standard InChI is InChI=1S/C6H11O.3CH3.Sn/c1-6(2)4-3-5-7;;;;/h3,6-7H,5H2,1-2H3;3*1H3;. The maximum absolute atomic E-state index is 8.81. The number of aliphatic hydroxyl groups is 1. The third-order valence-corrected chi connectivity index (χ3v) is 8.97. The Morgan fingerprint density at radius 3 is 1.91 bits per heavy atom. The molecule has 0 aromatic heterocycles. The second-order valence-corrected chi connectivity index (χ2v) is 18.7. The van der Waals surface area contributed by atoms with Crippen molar-refractivity contribution in [2.45, 2.75) is 28.7 Å². The predicted octanol–water partition coefficient (Wildman–Crippen LogP) is 2.44. The van der Waals surface area contributed by atoms with Gasteiger partial charge in [-0.05, 0) is 0 Å². The van der Waals surface area contributed by atoms with Gasteiger partial charge in [0.2, 0.25) is 0 Å². The van der Waals surface area contributed by atoms with Crippen LogP contribution in [0.5, 0.6) is 0 Å². The summed E-state index contributed by atoms with van der Waals surface area (Å²) < 4.78 is 1.54. The zero-order valence-corrected chi connectivity index (χ0v) is 11.2. The SMILES string of the molecule is CC(C)/[C](=C\CO)[Sn]([CH3])([CH3])[CH3]. The fourth-order valence-corrected chi connectivity index (χ4v) is 8.46. The second kappa shape index (κ2) is 4.51. The Hall–Kier alpha value is 0.499. The zero-order valence-electron chi connectivity index (χ0n) is 8.31. The van der Waals surface area contributed by atoms with E-state index in [4.69, 9.17) is 5.11 Å². The Balaban J connectivity index is 4.49. The molecular weight excluding hydrogens is 243 g/mol. The Bertz CT molecular complexity index is 142. The fraction of sp³-hybridized carbons (Fsp3) is 0.778. The van der Waals surface area contributed by atoms with Gasteiger partial charge in [0.15, 0.2) is 0 Å². The van der Waals surface area contributed by atoms with E-state index in [2.05, 4.69) is 28.7 Å². The Morgan fingerprint density at radius 1 is 1.36 bits per heavy atom. The van der Waals surface area contributed by atoms with Gasteiger partial charge in [-0.3, -0.25) is 0 Å². The van der Waals surface area contributed by atoms with Gasteiger partial charge in [-0.25, -0.2) is 0 Å². The molecule has 0 aliphatic rings. The minimum absolute atomic E-state index is 0.210. The summed E-state index contributed by atoms with van der Waals surface area (Å²) in [5, 5.41) is 8.81. The average Bonchev–Trinajstić information content (AvgIpc) is 1.79. The van der Waals surface area contributed by atoms with E-state index in [9.17, 15) is 0 Å². The Labute approximate surface area is 74.4 Å². The van der Waals surface area contributed by atoms with Crippen molar-refractivity contribution in [1.29, 1.82) is 0 Å². The Morgan fingerprint density at radius 2 is 1.82 bits per heavy atom. The number of aliphatic hydroxyl groups excluding tert-OH is 1. The first-order chi connectivity index (χ1) is 4.89. The quantitative estimate of drug-likeness (QED) is 0.775. The first-order valence-corrected chi connectivity index (χ1v) is 14.2. The first-order valence-electron chi connectivity index (χ1n) is 4.21. The molecule has 0 saturated heterocycles. The molecule has 0 aromatic rings. The summed E-state index contributed by atoms with van der Waals surface area (Å²) in [4.78, 5) is 7.16. The van der Waals surface area contributed by atoms with E-state index < -0.39 is 18.4 Å². The summed E-state index contributed by atoms with van der Waals surface area (Å²) in [5.74, 6) is 0.623. The summed E-state index contributed by atoms with van der Waals surface area (Å²) in [6.07, 6.45) is 2.01. The molecule has 0 unspecified atom stereocenters. The molecule has 0 radical (unpaired) electrons. The van der Waals surface area contributed by atoms with E-state index in [-0.39, 0.29) is 6.61 Å². The average molecular weight is 263 g/mol. The molecule has 0 heterocycles. The Kier molecular flexibility index (Phi) is 4.71. The first kappa shape index (κ1) is 11.5. The number of hydrogen-bond donors (Lipinski definition) is 1. The third kappa shape index (κ3) is 4.16. The molecule has 66 valence electrons.